The minimum absolute atomic E-state index is 0.0855. The molecule has 1 heterocycles. The van der Waals surface area contributed by atoms with Crippen molar-refractivity contribution in [1.29, 1.82) is 0 Å². The summed E-state index contributed by atoms with van der Waals surface area (Å²) in [5.74, 6) is -0.487. The predicted molar refractivity (Wildman–Crippen MR) is 117 cm³/mol. The van der Waals surface area contributed by atoms with Crippen LogP contribution in [0.25, 0.3) is 11.3 Å². The second kappa shape index (κ2) is 9.12. The highest BCUT2D eigenvalue weighted by Gasteiger charge is 2.15. The number of carbonyl (C=O) groups excluding carboxylic acids is 2. The molecule has 2 N–H and O–H groups in total. The summed E-state index contributed by atoms with van der Waals surface area (Å²) in [5, 5.41) is 6.35. The van der Waals surface area contributed by atoms with Gasteiger partial charge in [-0.25, -0.2) is 4.98 Å². The zero-order valence-electron chi connectivity index (χ0n) is 15.6. The van der Waals surface area contributed by atoms with E-state index in [1.165, 1.54) is 16.9 Å². The van der Waals surface area contributed by atoms with Crippen molar-refractivity contribution in [3.05, 3.63) is 68.5 Å². The molecule has 0 atom stereocenters. The van der Waals surface area contributed by atoms with E-state index in [1.807, 2.05) is 56.3 Å². The van der Waals surface area contributed by atoms with Crippen molar-refractivity contribution in [2.45, 2.75) is 20.3 Å². The number of aromatic nitrogens is 1. The molecule has 3 aromatic rings. The van der Waals surface area contributed by atoms with Gasteiger partial charge in [0.15, 0.2) is 0 Å². The molecule has 0 saturated heterocycles. The standard InChI is InChI=1S/C21H20BrN3O2S/c1-13-7-9-15(10-8-13)21-18(28-14(2)24-21)11-19(26)23-12-20(27)25-17-6-4-3-5-16(17)22/h3-10H,11-12H2,1-2H3,(H,23,26)(H,25,27). The Morgan fingerprint density at radius 3 is 2.46 bits per heavy atom. The van der Waals surface area contributed by atoms with E-state index >= 15 is 0 Å². The Morgan fingerprint density at radius 2 is 1.75 bits per heavy atom. The van der Waals surface area contributed by atoms with Crippen LogP contribution >= 0.6 is 27.3 Å². The van der Waals surface area contributed by atoms with Gasteiger partial charge in [0, 0.05) is 14.9 Å². The van der Waals surface area contributed by atoms with E-state index in [-0.39, 0.29) is 24.8 Å². The van der Waals surface area contributed by atoms with Crippen molar-refractivity contribution in [3.63, 3.8) is 0 Å². The summed E-state index contributed by atoms with van der Waals surface area (Å²) in [5.41, 5.74) is 3.66. The highest BCUT2D eigenvalue weighted by Crippen LogP contribution is 2.28. The molecule has 2 aromatic carbocycles. The van der Waals surface area contributed by atoms with Gasteiger partial charge in [-0.15, -0.1) is 11.3 Å². The van der Waals surface area contributed by atoms with Gasteiger partial charge in [-0.3, -0.25) is 9.59 Å². The van der Waals surface area contributed by atoms with Gasteiger partial charge in [-0.2, -0.15) is 0 Å². The monoisotopic (exact) mass is 457 g/mol. The minimum Gasteiger partial charge on any atom is -0.347 e. The van der Waals surface area contributed by atoms with E-state index in [2.05, 4.69) is 31.5 Å². The lowest BCUT2D eigenvalue weighted by Gasteiger charge is -2.08. The lowest BCUT2D eigenvalue weighted by atomic mass is 10.1. The third kappa shape index (κ3) is 5.27. The Balaban J connectivity index is 1.60. The molecule has 0 aliphatic carbocycles. The maximum Gasteiger partial charge on any atom is 0.243 e. The third-order valence-corrected chi connectivity index (χ3v) is 5.71. The number of benzene rings is 2. The van der Waals surface area contributed by atoms with E-state index in [0.717, 1.165) is 25.6 Å². The van der Waals surface area contributed by atoms with Crippen LogP contribution < -0.4 is 10.6 Å². The topological polar surface area (TPSA) is 71.1 Å². The lowest BCUT2D eigenvalue weighted by Crippen LogP contribution is -2.33. The Labute approximate surface area is 176 Å². The van der Waals surface area contributed by atoms with E-state index in [4.69, 9.17) is 0 Å². The van der Waals surface area contributed by atoms with E-state index < -0.39 is 0 Å². The number of halogens is 1. The minimum atomic E-state index is -0.278. The number of anilines is 1. The van der Waals surface area contributed by atoms with Crippen LogP contribution in [-0.2, 0) is 16.0 Å². The normalized spacial score (nSPS) is 10.5. The summed E-state index contributed by atoms with van der Waals surface area (Å²) < 4.78 is 0.789. The molecule has 7 heteroatoms. The number of amides is 2. The fraction of sp³-hybridized carbons (Fsp3) is 0.190. The smallest absolute Gasteiger partial charge is 0.243 e. The average molecular weight is 458 g/mol. The number of para-hydroxylation sites is 1. The Hall–Kier alpha value is -2.51. The quantitative estimate of drug-likeness (QED) is 0.572. The van der Waals surface area contributed by atoms with Crippen LogP contribution in [0.15, 0.2) is 53.0 Å². The molecule has 0 saturated carbocycles. The van der Waals surface area contributed by atoms with Gasteiger partial charge in [0.05, 0.1) is 29.4 Å². The summed E-state index contributed by atoms with van der Waals surface area (Å²) in [6.45, 7) is 3.87. The van der Waals surface area contributed by atoms with E-state index in [1.54, 1.807) is 6.07 Å². The summed E-state index contributed by atoms with van der Waals surface area (Å²) in [7, 11) is 0. The van der Waals surface area contributed by atoms with Gasteiger partial charge in [-0.05, 0) is 41.9 Å². The second-order valence-corrected chi connectivity index (χ2v) is 8.49. The molecule has 0 fully saturated rings. The van der Waals surface area contributed by atoms with Crippen LogP contribution in [0.1, 0.15) is 15.4 Å². The number of hydrogen-bond acceptors (Lipinski definition) is 4. The number of aryl methyl sites for hydroxylation is 2. The van der Waals surface area contributed by atoms with Crippen molar-refractivity contribution < 1.29 is 9.59 Å². The molecule has 144 valence electrons. The molecule has 1 aromatic heterocycles. The molecule has 0 bridgehead atoms. The maximum atomic E-state index is 12.4. The lowest BCUT2D eigenvalue weighted by molar-refractivity contribution is -0.123. The van der Waals surface area contributed by atoms with Crippen LogP contribution in [0.3, 0.4) is 0 Å². The molecule has 28 heavy (non-hydrogen) atoms. The second-order valence-electron chi connectivity index (χ2n) is 6.35. The van der Waals surface area contributed by atoms with Gasteiger partial charge in [0.1, 0.15) is 0 Å². The summed E-state index contributed by atoms with van der Waals surface area (Å²) in [6, 6.07) is 15.4. The first-order chi connectivity index (χ1) is 13.4. The van der Waals surface area contributed by atoms with Gasteiger partial charge < -0.3 is 10.6 Å². The van der Waals surface area contributed by atoms with Crippen LogP contribution in [0, 0.1) is 13.8 Å². The van der Waals surface area contributed by atoms with Gasteiger partial charge in [0.2, 0.25) is 11.8 Å². The SMILES string of the molecule is Cc1ccc(-c2nc(C)sc2CC(=O)NCC(=O)Nc2ccccc2Br)cc1. The first-order valence-corrected chi connectivity index (χ1v) is 10.4. The van der Waals surface area contributed by atoms with Crippen molar-refractivity contribution in [2.24, 2.45) is 0 Å². The van der Waals surface area contributed by atoms with E-state index in [0.29, 0.717) is 5.69 Å². The fourth-order valence-electron chi connectivity index (χ4n) is 2.67. The molecule has 0 aliphatic heterocycles. The molecule has 5 nitrogen and oxygen atoms in total. The molecule has 0 spiro atoms. The van der Waals surface area contributed by atoms with Crippen LogP contribution in [-0.4, -0.2) is 23.3 Å². The number of hydrogen-bond donors (Lipinski definition) is 2. The van der Waals surface area contributed by atoms with Crippen molar-refractivity contribution in [2.75, 3.05) is 11.9 Å². The molecule has 3 rings (SSSR count). The van der Waals surface area contributed by atoms with E-state index in [9.17, 15) is 9.59 Å². The largest absolute Gasteiger partial charge is 0.347 e. The van der Waals surface area contributed by atoms with Crippen molar-refractivity contribution in [1.82, 2.24) is 10.3 Å². The first kappa shape index (κ1) is 20.2. The van der Waals surface area contributed by atoms with Crippen LogP contribution in [0.2, 0.25) is 0 Å². The van der Waals surface area contributed by atoms with Gasteiger partial charge >= 0.3 is 0 Å². The highest BCUT2D eigenvalue weighted by molar-refractivity contribution is 9.10. The molecule has 0 aliphatic rings. The van der Waals surface area contributed by atoms with Crippen LogP contribution in [0.4, 0.5) is 5.69 Å². The Kier molecular flexibility index (Phi) is 6.59. The number of nitrogens with one attached hydrogen (secondary N) is 2. The molecule has 2 amide bonds. The Bertz CT molecular complexity index is 999. The number of rotatable bonds is 6. The van der Waals surface area contributed by atoms with Gasteiger partial charge in [0.25, 0.3) is 0 Å². The number of nitrogens with zero attached hydrogens (tertiary/aromatic N) is 1. The fourth-order valence-corrected chi connectivity index (χ4v) is 4.01. The highest BCUT2D eigenvalue weighted by atomic mass is 79.9. The maximum absolute atomic E-state index is 12.4. The summed E-state index contributed by atoms with van der Waals surface area (Å²) in [6.07, 6.45) is 0.191. The third-order valence-electron chi connectivity index (χ3n) is 4.04. The summed E-state index contributed by atoms with van der Waals surface area (Å²) in [4.78, 5) is 29.9. The summed E-state index contributed by atoms with van der Waals surface area (Å²) >= 11 is 4.88. The van der Waals surface area contributed by atoms with Crippen LogP contribution in [0.5, 0.6) is 0 Å². The average Bonchev–Trinajstić information content (AvgIpc) is 3.02. The molecule has 0 unspecified atom stereocenters. The zero-order valence-corrected chi connectivity index (χ0v) is 18.0. The molecular formula is C21H20BrN3O2S. The molecule has 0 radical (unpaired) electrons. The first-order valence-electron chi connectivity index (χ1n) is 8.77. The van der Waals surface area contributed by atoms with Crippen molar-refractivity contribution >= 4 is 44.8 Å². The Morgan fingerprint density at radius 1 is 1.04 bits per heavy atom. The predicted octanol–water partition coefficient (Wildman–Crippen LogP) is 4.49. The zero-order chi connectivity index (χ0) is 20.1. The molecular weight excluding hydrogens is 438 g/mol. The van der Waals surface area contributed by atoms with Crippen molar-refractivity contribution in [3.8, 4) is 11.3 Å². The van der Waals surface area contributed by atoms with Gasteiger partial charge in [-0.1, -0.05) is 42.0 Å². The number of carbonyl (C=O) groups is 2. The number of thiazole rings is 1.